The first-order chi connectivity index (χ1) is 9.56. The quantitative estimate of drug-likeness (QED) is 0.598. The Kier molecular flexibility index (Phi) is 4.95. The summed E-state index contributed by atoms with van der Waals surface area (Å²) < 4.78 is 5.51. The van der Waals surface area contributed by atoms with Gasteiger partial charge in [0.1, 0.15) is 0 Å². The third kappa shape index (κ3) is 3.93. The highest BCUT2D eigenvalue weighted by Gasteiger charge is 2.09. The molecule has 4 nitrogen and oxygen atoms in total. The average Bonchev–Trinajstić information content (AvgIpc) is 2.40. The summed E-state index contributed by atoms with van der Waals surface area (Å²) in [4.78, 5) is 10.2. The van der Waals surface area contributed by atoms with Gasteiger partial charge < -0.3 is 4.74 Å². The number of halogens is 2. The first kappa shape index (κ1) is 14.8. The predicted octanol–water partition coefficient (Wildman–Crippen LogP) is 4.62. The van der Waals surface area contributed by atoms with Gasteiger partial charge in [-0.1, -0.05) is 35.3 Å². The third-order valence-corrected chi connectivity index (χ3v) is 3.26. The molecule has 0 aliphatic carbocycles. The number of nitro benzene ring substituents is 1. The van der Waals surface area contributed by atoms with Gasteiger partial charge in [-0.3, -0.25) is 10.1 Å². The van der Waals surface area contributed by atoms with Crippen LogP contribution < -0.4 is 0 Å². The monoisotopic (exact) mass is 311 g/mol. The van der Waals surface area contributed by atoms with Gasteiger partial charge in [-0.25, -0.2) is 0 Å². The van der Waals surface area contributed by atoms with Crippen LogP contribution in [0.4, 0.5) is 5.69 Å². The maximum atomic E-state index is 10.7. The Morgan fingerprint density at radius 3 is 2.60 bits per heavy atom. The number of rotatable bonds is 5. The largest absolute Gasteiger partial charge is 0.372 e. The number of ether oxygens (including phenoxy) is 1. The zero-order chi connectivity index (χ0) is 14.5. The number of benzene rings is 2. The fraction of sp³-hybridized carbons (Fsp3) is 0.143. The topological polar surface area (TPSA) is 52.4 Å². The lowest BCUT2D eigenvalue weighted by Gasteiger charge is -2.06. The standard InChI is InChI=1S/C14H11Cl2NO3/c15-12-3-1-2-10(6-12)8-20-9-11-7-13(17(18)19)4-5-14(11)16/h1-7H,8-9H2. The van der Waals surface area contributed by atoms with Crippen LogP contribution in [0.1, 0.15) is 11.1 Å². The molecule has 2 aromatic rings. The molecule has 0 spiro atoms. The molecule has 0 aromatic heterocycles. The normalized spacial score (nSPS) is 10.5. The highest BCUT2D eigenvalue weighted by molar-refractivity contribution is 6.31. The Bertz CT molecular complexity index is 632. The second-order valence-electron chi connectivity index (χ2n) is 4.16. The van der Waals surface area contributed by atoms with Crippen LogP contribution in [0.5, 0.6) is 0 Å². The minimum atomic E-state index is -0.462. The molecule has 0 N–H and O–H groups in total. The molecule has 0 saturated heterocycles. The fourth-order valence-corrected chi connectivity index (χ4v) is 2.08. The van der Waals surface area contributed by atoms with E-state index in [-0.39, 0.29) is 12.3 Å². The summed E-state index contributed by atoms with van der Waals surface area (Å²) in [7, 11) is 0. The van der Waals surface area contributed by atoms with E-state index in [1.54, 1.807) is 12.1 Å². The number of non-ortho nitro benzene ring substituents is 1. The molecular weight excluding hydrogens is 301 g/mol. The molecule has 0 radical (unpaired) electrons. The fourth-order valence-electron chi connectivity index (χ4n) is 1.69. The molecule has 0 aliphatic heterocycles. The molecule has 0 atom stereocenters. The lowest BCUT2D eigenvalue weighted by molar-refractivity contribution is -0.384. The molecule has 20 heavy (non-hydrogen) atoms. The van der Waals surface area contributed by atoms with Crippen molar-refractivity contribution in [3.05, 3.63) is 73.8 Å². The van der Waals surface area contributed by atoms with Crippen molar-refractivity contribution in [1.29, 1.82) is 0 Å². The Morgan fingerprint density at radius 2 is 1.90 bits per heavy atom. The molecule has 0 aliphatic rings. The number of nitro groups is 1. The van der Waals surface area contributed by atoms with E-state index in [1.165, 1.54) is 18.2 Å². The van der Waals surface area contributed by atoms with E-state index in [9.17, 15) is 10.1 Å². The smallest absolute Gasteiger partial charge is 0.269 e. The van der Waals surface area contributed by atoms with Gasteiger partial charge in [0.25, 0.3) is 5.69 Å². The molecular formula is C14H11Cl2NO3. The molecule has 2 aromatic carbocycles. The second-order valence-corrected chi connectivity index (χ2v) is 5.00. The molecule has 2 rings (SSSR count). The van der Waals surface area contributed by atoms with E-state index >= 15 is 0 Å². The van der Waals surface area contributed by atoms with Crippen molar-refractivity contribution in [1.82, 2.24) is 0 Å². The van der Waals surface area contributed by atoms with Crippen molar-refractivity contribution >= 4 is 28.9 Å². The highest BCUT2D eigenvalue weighted by Crippen LogP contribution is 2.23. The maximum Gasteiger partial charge on any atom is 0.269 e. The molecule has 0 heterocycles. The average molecular weight is 312 g/mol. The summed E-state index contributed by atoms with van der Waals surface area (Å²) >= 11 is 11.9. The van der Waals surface area contributed by atoms with Crippen molar-refractivity contribution in [2.45, 2.75) is 13.2 Å². The van der Waals surface area contributed by atoms with Crippen LogP contribution in [0.25, 0.3) is 0 Å². The minimum Gasteiger partial charge on any atom is -0.372 e. The molecule has 0 amide bonds. The van der Waals surface area contributed by atoms with E-state index in [4.69, 9.17) is 27.9 Å². The second kappa shape index (κ2) is 6.70. The van der Waals surface area contributed by atoms with Crippen molar-refractivity contribution < 1.29 is 9.66 Å². The number of hydrogen-bond donors (Lipinski definition) is 0. The van der Waals surface area contributed by atoms with E-state index in [2.05, 4.69) is 0 Å². The summed E-state index contributed by atoms with van der Waals surface area (Å²) in [5, 5.41) is 11.8. The summed E-state index contributed by atoms with van der Waals surface area (Å²) in [6, 6.07) is 11.6. The predicted molar refractivity (Wildman–Crippen MR) is 78.1 cm³/mol. The van der Waals surface area contributed by atoms with Crippen LogP contribution in [-0.2, 0) is 18.0 Å². The van der Waals surface area contributed by atoms with Gasteiger partial charge in [-0.2, -0.15) is 0 Å². The van der Waals surface area contributed by atoms with Crippen LogP contribution in [0.2, 0.25) is 10.0 Å². The molecule has 6 heteroatoms. The Hall–Kier alpha value is -1.62. The van der Waals surface area contributed by atoms with Gasteiger partial charge in [-0.15, -0.1) is 0 Å². The zero-order valence-electron chi connectivity index (χ0n) is 10.4. The van der Waals surface area contributed by atoms with E-state index < -0.39 is 4.92 Å². The summed E-state index contributed by atoms with van der Waals surface area (Å²) in [5.41, 5.74) is 1.51. The van der Waals surface area contributed by atoms with Gasteiger partial charge in [0.15, 0.2) is 0 Å². The first-order valence-electron chi connectivity index (χ1n) is 5.81. The molecule has 0 unspecified atom stereocenters. The summed E-state index contributed by atoms with van der Waals surface area (Å²) in [5.74, 6) is 0. The maximum absolute atomic E-state index is 10.7. The summed E-state index contributed by atoms with van der Waals surface area (Å²) in [6.07, 6.45) is 0. The van der Waals surface area contributed by atoms with E-state index in [0.29, 0.717) is 22.2 Å². The number of nitrogens with zero attached hydrogens (tertiary/aromatic N) is 1. The third-order valence-electron chi connectivity index (χ3n) is 2.66. The van der Waals surface area contributed by atoms with Crippen molar-refractivity contribution in [2.75, 3.05) is 0 Å². The van der Waals surface area contributed by atoms with Crippen LogP contribution in [0, 0.1) is 10.1 Å². The lowest BCUT2D eigenvalue weighted by atomic mass is 10.2. The highest BCUT2D eigenvalue weighted by atomic mass is 35.5. The summed E-state index contributed by atoms with van der Waals surface area (Å²) in [6.45, 7) is 0.562. The van der Waals surface area contributed by atoms with E-state index in [0.717, 1.165) is 5.56 Å². The SMILES string of the molecule is O=[N+]([O-])c1ccc(Cl)c(COCc2cccc(Cl)c2)c1. The van der Waals surface area contributed by atoms with Crippen molar-refractivity contribution in [2.24, 2.45) is 0 Å². The van der Waals surface area contributed by atoms with Crippen LogP contribution >= 0.6 is 23.2 Å². The molecule has 104 valence electrons. The van der Waals surface area contributed by atoms with Crippen molar-refractivity contribution in [3.8, 4) is 0 Å². The first-order valence-corrected chi connectivity index (χ1v) is 6.57. The van der Waals surface area contributed by atoms with Crippen molar-refractivity contribution in [3.63, 3.8) is 0 Å². The van der Waals surface area contributed by atoms with Crippen LogP contribution in [-0.4, -0.2) is 4.92 Å². The Labute approximate surface area is 126 Å². The van der Waals surface area contributed by atoms with Gasteiger partial charge in [0.2, 0.25) is 0 Å². The van der Waals surface area contributed by atoms with Crippen LogP contribution in [0.3, 0.4) is 0 Å². The lowest BCUT2D eigenvalue weighted by Crippen LogP contribution is -1.97. The minimum absolute atomic E-state index is 0.00393. The number of hydrogen-bond acceptors (Lipinski definition) is 3. The van der Waals surface area contributed by atoms with Crippen LogP contribution in [0.15, 0.2) is 42.5 Å². The van der Waals surface area contributed by atoms with E-state index in [1.807, 2.05) is 12.1 Å². The van der Waals surface area contributed by atoms with Gasteiger partial charge in [-0.05, 0) is 23.8 Å². The van der Waals surface area contributed by atoms with Gasteiger partial charge in [0.05, 0.1) is 18.1 Å². The zero-order valence-corrected chi connectivity index (χ0v) is 11.9. The molecule has 0 bridgehead atoms. The molecule has 0 saturated carbocycles. The Morgan fingerprint density at radius 1 is 1.10 bits per heavy atom. The molecule has 0 fully saturated rings. The Balaban J connectivity index is 2.00. The van der Waals surface area contributed by atoms with Gasteiger partial charge in [0, 0.05) is 27.7 Å². The van der Waals surface area contributed by atoms with Gasteiger partial charge >= 0.3 is 0 Å².